The van der Waals surface area contributed by atoms with Crippen molar-refractivity contribution in [1.82, 2.24) is 0 Å². The predicted octanol–water partition coefficient (Wildman–Crippen LogP) is 27.3. The van der Waals surface area contributed by atoms with Gasteiger partial charge in [0.05, 0.1) is 32.7 Å². The highest BCUT2D eigenvalue weighted by molar-refractivity contribution is 7.97. The van der Waals surface area contributed by atoms with Crippen LogP contribution in [0.2, 0.25) is 0 Å². The molecule has 9 aromatic rings. The molecule has 0 heterocycles. The van der Waals surface area contributed by atoms with E-state index in [1.165, 1.54) is 217 Å². The van der Waals surface area contributed by atoms with Gasteiger partial charge in [-0.3, -0.25) is 0 Å². The largest absolute Gasteiger partial charge is 0.166 e. The minimum absolute atomic E-state index is 0.119. The van der Waals surface area contributed by atoms with Gasteiger partial charge in [-0.05, 0) is 388 Å². The van der Waals surface area contributed by atoms with Crippen molar-refractivity contribution in [3.63, 3.8) is 0 Å². The van der Waals surface area contributed by atoms with E-state index in [1.807, 2.05) is 0 Å². The van der Waals surface area contributed by atoms with Crippen molar-refractivity contribution < 1.29 is 0 Å². The molecule has 12 fully saturated rings. The van der Waals surface area contributed by atoms with Crippen molar-refractivity contribution in [3.8, 4) is 0 Å². The Morgan fingerprint density at radius 1 is 0.171 bits per heavy atom. The van der Waals surface area contributed by atoms with Crippen molar-refractivity contribution in [2.24, 2.45) is 82.9 Å². The number of benzene rings is 9. The molecule has 0 radical (unpaired) electrons. The molecule has 12 aliphatic rings. The second kappa shape index (κ2) is 28.8. The zero-order chi connectivity index (χ0) is 69.1. The first-order chi connectivity index (χ1) is 52.0. The third-order valence-electron chi connectivity index (χ3n) is 31.9. The highest BCUT2D eigenvalue weighted by atomic mass is 32.2. The number of hydrogen-bond donors (Lipinski definition) is 0. The number of hydrogen-bond acceptors (Lipinski definition) is 0. The summed E-state index contributed by atoms with van der Waals surface area (Å²) in [5.74, 6) is 18.0. The van der Waals surface area contributed by atoms with E-state index in [-0.39, 0.29) is 32.7 Å². The van der Waals surface area contributed by atoms with Gasteiger partial charge in [0, 0.05) is 0 Å². The summed E-state index contributed by atoms with van der Waals surface area (Å²) in [7, 11) is -0.399. The van der Waals surface area contributed by atoms with Gasteiger partial charge >= 0.3 is 0 Å². The van der Waals surface area contributed by atoms with Crippen LogP contribution in [-0.2, 0) is 32.7 Å². The Labute approximate surface area is 639 Å². The van der Waals surface area contributed by atoms with E-state index in [0.717, 1.165) is 107 Å². The Balaban J connectivity index is 0.469. The molecule has 21 unspecified atom stereocenters. The molecule has 0 nitrogen and oxygen atoms in total. The van der Waals surface area contributed by atoms with Crippen LogP contribution in [-0.4, -0.2) is 0 Å². The van der Waals surface area contributed by atoms with Gasteiger partial charge in [0.1, 0.15) is 0 Å². The molecule has 0 saturated heterocycles. The molecule has 0 N–H and O–H groups in total. The van der Waals surface area contributed by atoms with E-state index < -0.39 is 0 Å². The van der Waals surface area contributed by atoms with Crippen molar-refractivity contribution in [3.05, 3.63) is 269 Å². The Bertz CT molecular complexity index is 4390. The minimum Gasteiger partial charge on any atom is -0.0619 e. The topological polar surface area (TPSA) is 0 Å². The smallest absolute Gasteiger partial charge is 0.0619 e. The average Bonchev–Trinajstić information content (AvgIpc) is 1.59. The highest BCUT2D eigenvalue weighted by Crippen LogP contribution is 2.69. The van der Waals surface area contributed by atoms with Gasteiger partial charge in [-0.2, -0.15) is 0 Å². The van der Waals surface area contributed by atoms with Gasteiger partial charge in [0.15, 0.2) is 44.1 Å². The second-order valence-corrected chi connectivity index (χ2v) is 42.7. The quantitative estimate of drug-likeness (QED) is 0.0797. The van der Waals surface area contributed by atoms with Crippen LogP contribution >= 0.6 is 0 Å². The molecule has 105 heavy (non-hydrogen) atoms. The lowest BCUT2D eigenvalue weighted by Gasteiger charge is -2.34. The summed E-state index contributed by atoms with van der Waals surface area (Å²) >= 11 is 0. The fourth-order valence-electron chi connectivity index (χ4n) is 27.3. The van der Waals surface area contributed by atoms with E-state index in [1.54, 1.807) is 38.9 Å². The molecule has 536 valence electrons. The number of rotatable bonds is 17. The summed E-state index contributed by atoms with van der Waals surface area (Å²) < 4.78 is 0. The molecule has 6 bridgehead atoms. The molecule has 3 heteroatoms. The van der Waals surface area contributed by atoms with Crippen LogP contribution in [0.5, 0.6) is 0 Å². The molecular formula is C102H113S3+3. The van der Waals surface area contributed by atoms with Crippen LogP contribution in [0.15, 0.2) is 275 Å². The van der Waals surface area contributed by atoms with Crippen LogP contribution in [0, 0.1) is 82.9 Å². The third kappa shape index (κ3) is 12.6. The van der Waals surface area contributed by atoms with E-state index >= 15 is 0 Å². The summed E-state index contributed by atoms with van der Waals surface area (Å²) in [6.45, 7) is 0. The zero-order valence-electron chi connectivity index (χ0n) is 62.4. The lowest BCUT2D eigenvalue weighted by molar-refractivity contribution is 0.216. The Kier molecular flexibility index (Phi) is 18.4. The van der Waals surface area contributed by atoms with Gasteiger partial charge in [-0.1, -0.05) is 179 Å². The average molecular weight is 1440 g/mol. The molecule has 21 atom stereocenters. The first-order valence-electron chi connectivity index (χ1n) is 43.0. The fourth-order valence-corrected chi connectivity index (χ4v) is 33.5. The molecule has 21 rings (SSSR count). The van der Waals surface area contributed by atoms with Crippen molar-refractivity contribution >= 4 is 32.7 Å². The van der Waals surface area contributed by atoms with E-state index in [9.17, 15) is 0 Å². The van der Waals surface area contributed by atoms with E-state index in [4.69, 9.17) is 0 Å². The monoisotopic (exact) mass is 1430 g/mol. The predicted molar refractivity (Wildman–Crippen MR) is 437 cm³/mol. The molecule has 0 spiro atoms. The minimum atomic E-state index is -0.159. The van der Waals surface area contributed by atoms with Crippen LogP contribution < -0.4 is 0 Å². The second-order valence-electron chi connectivity index (χ2n) is 36.6. The van der Waals surface area contributed by atoms with Gasteiger partial charge in [0.25, 0.3) is 0 Å². The first kappa shape index (κ1) is 67.2. The standard InChI is InChI=1S/C102H113S3/c1-5-16-66(17-6-1)68-30-42-84(43-31-68)104(85-44-32-69(33-45-85)67-18-7-2-8-19-67)86-46-34-70(35-47-86)74-20-13-21-75(54-74)77-56-96-80-61-95(101(64-80)99(96)58-77)73-40-52-89(53-41-73)105(83-25-11-4-12-26-83)90-27-14-22-76(55-90)78-57-97-81-62-94(102(65-81)100(97)59-78)72-38-50-88(51-39-72)103(82-23-9-3-10-24-82)87-48-36-71(37-49-87)93-60-79-63-98(93)92-29-15-28-91(79)92/h3-4,9-12,14,22-27,30-53,55,66-67,74-75,77-81,91-102H,1-2,5-8,13,15-21,28-29,54,56-65H2/q+3. The summed E-state index contributed by atoms with van der Waals surface area (Å²) in [6, 6.07) is 94.4. The van der Waals surface area contributed by atoms with Crippen LogP contribution in [0.1, 0.15) is 254 Å². The summed E-state index contributed by atoms with van der Waals surface area (Å²) in [4.78, 5) is 13.3. The Morgan fingerprint density at radius 3 is 1.00 bits per heavy atom. The fraction of sp³-hybridized carbons (Fsp3) is 0.471. The van der Waals surface area contributed by atoms with Gasteiger partial charge in [0.2, 0.25) is 0 Å². The maximum Gasteiger partial charge on any atom is 0.166 e. The molecule has 12 aliphatic carbocycles. The Morgan fingerprint density at radius 2 is 0.514 bits per heavy atom. The zero-order valence-corrected chi connectivity index (χ0v) is 64.8. The van der Waals surface area contributed by atoms with E-state index in [0.29, 0.717) is 17.8 Å². The third-order valence-corrected chi connectivity index (χ3v) is 38.6. The Hall–Kier alpha value is -5.97. The maximum atomic E-state index is 2.69. The van der Waals surface area contributed by atoms with Crippen molar-refractivity contribution in [2.45, 2.75) is 259 Å². The summed E-state index contributed by atoms with van der Waals surface area (Å²) in [6.07, 6.45) is 38.4. The first-order valence-corrected chi connectivity index (χ1v) is 46.7. The molecular weight excluding hydrogens is 1320 g/mol. The molecule has 9 aromatic carbocycles. The van der Waals surface area contributed by atoms with E-state index in [2.05, 4.69) is 231 Å². The number of fused-ring (bicyclic) bond motifs is 15. The maximum absolute atomic E-state index is 2.69. The normalized spacial score (nSPS) is 33.7. The molecule has 0 aliphatic heterocycles. The highest BCUT2D eigenvalue weighted by Gasteiger charge is 2.59. The molecule has 12 saturated carbocycles. The van der Waals surface area contributed by atoms with Crippen molar-refractivity contribution in [2.75, 3.05) is 0 Å². The van der Waals surface area contributed by atoms with Gasteiger partial charge in [-0.15, -0.1) is 0 Å². The van der Waals surface area contributed by atoms with Crippen LogP contribution in [0.3, 0.4) is 0 Å². The molecule has 0 amide bonds. The van der Waals surface area contributed by atoms with Gasteiger partial charge < -0.3 is 0 Å². The van der Waals surface area contributed by atoms with Crippen LogP contribution in [0.4, 0.5) is 0 Å². The lowest BCUT2D eigenvalue weighted by atomic mass is 9.71. The summed E-state index contributed by atoms with van der Waals surface area (Å²) in [5, 5.41) is 0. The van der Waals surface area contributed by atoms with Gasteiger partial charge in [-0.25, -0.2) is 0 Å². The molecule has 0 aromatic heterocycles. The van der Waals surface area contributed by atoms with Crippen molar-refractivity contribution in [1.29, 1.82) is 0 Å². The SMILES string of the molecule is c1ccc([S+](c2ccc(C3CC4CC3C3CCCC43)cc2)c2ccc(C3CC4CC3C3CC(c5cccc([S+](c6ccccc6)c6ccc(C7CC8CC7C7CC(C9CCCC(c%10ccc([S+](c%11ccc(C%12CCCCC%12)cc%11)c%11ccc(C%12CCCCC%12)cc%11)cc%10)C9)CC87)cc6)c5)CC43)cc2)cc1. The summed E-state index contributed by atoms with van der Waals surface area (Å²) in [5.41, 5.74) is 11.2. The van der Waals surface area contributed by atoms with Crippen LogP contribution in [0.25, 0.3) is 0 Å². The lowest BCUT2D eigenvalue weighted by Crippen LogP contribution is -2.23.